The standard InChI is InChI=1S/C12H6ClN3O3/c13-11-5-9(16(17)18)6-12(15-11)19-10-3-1-8(7-14)2-4-10/h1-6H. The van der Waals surface area contributed by atoms with E-state index in [1.54, 1.807) is 24.3 Å². The van der Waals surface area contributed by atoms with Crippen molar-refractivity contribution < 1.29 is 9.66 Å². The Labute approximate surface area is 113 Å². The first kappa shape index (κ1) is 12.8. The summed E-state index contributed by atoms with van der Waals surface area (Å²) in [5.74, 6) is 0.423. The predicted octanol–water partition coefficient (Wildman–Crippen LogP) is 3.31. The van der Waals surface area contributed by atoms with Crippen molar-refractivity contribution in [2.75, 3.05) is 0 Å². The van der Waals surface area contributed by atoms with Crippen molar-refractivity contribution in [3.63, 3.8) is 0 Å². The molecule has 7 heteroatoms. The first-order chi connectivity index (χ1) is 9.08. The third-order valence-corrected chi connectivity index (χ3v) is 2.37. The van der Waals surface area contributed by atoms with E-state index >= 15 is 0 Å². The van der Waals surface area contributed by atoms with Gasteiger partial charge in [-0.15, -0.1) is 0 Å². The van der Waals surface area contributed by atoms with Gasteiger partial charge in [0.25, 0.3) is 5.69 Å². The summed E-state index contributed by atoms with van der Waals surface area (Å²) in [4.78, 5) is 13.9. The molecule has 0 aliphatic heterocycles. The number of aromatic nitrogens is 1. The van der Waals surface area contributed by atoms with Crippen LogP contribution < -0.4 is 4.74 Å². The smallest absolute Gasteiger partial charge is 0.277 e. The molecule has 0 bridgehead atoms. The van der Waals surface area contributed by atoms with Gasteiger partial charge in [0.1, 0.15) is 10.9 Å². The van der Waals surface area contributed by atoms with Crippen molar-refractivity contribution in [2.45, 2.75) is 0 Å². The lowest BCUT2D eigenvalue weighted by Gasteiger charge is -2.04. The van der Waals surface area contributed by atoms with Gasteiger partial charge in [-0.3, -0.25) is 10.1 Å². The van der Waals surface area contributed by atoms with Gasteiger partial charge < -0.3 is 4.74 Å². The highest BCUT2D eigenvalue weighted by Crippen LogP contribution is 2.26. The fourth-order valence-corrected chi connectivity index (χ4v) is 1.53. The van der Waals surface area contributed by atoms with Gasteiger partial charge in [-0.05, 0) is 24.3 Å². The first-order valence-corrected chi connectivity index (χ1v) is 5.46. The zero-order chi connectivity index (χ0) is 13.8. The molecule has 1 heterocycles. The summed E-state index contributed by atoms with van der Waals surface area (Å²) in [5.41, 5.74) is 0.279. The second kappa shape index (κ2) is 5.33. The summed E-state index contributed by atoms with van der Waals surface area (Å²) in [6.45, 7) is 0. The quantitative estimate of drug-likeness (QED) is 0.487. The van der Waals surface area contributed by atoms with E-state index in [0.717, 1.165) is 6.07 Å². The number of halogens is 1. The lowest BCUT2D eigenvalue weighted by molar-refractivity contribution is -0.385. The Morgan fingerprint density at radius 2 is 2.00 bits per heavy atom. The van der Waals surface area contributed by atoms with Crippen LogP contribution in [0.1, 0.15) is 5.56 Å². The Kier molecular flexibility index (Phi) is 3.59. The van der Waals surface area contributed by atoms with E-state index in [1.165, 1.54) is 6.07 Å². The SMILES string of the molecule is N#Cc1ccc(Oc2cc([N+](=O)[O-])cc(Cl)n2)cc1. The van der Waals surface area contributed by atoms with Crippen LogP contribution in [0.15, 0.2) is 36.4 Å². The topological polar surface area (TPSA) is 89.0 Å². The van der Waals surface area contributed by atoms with Crippen molar-refractivity contribution >= 4 is 17.3 Å². The molecule has 0 N–H and O–H groups in total. The number of hydrogen-bond donors (Lipinski definition) is 0. The molecule has 0 amide bonds. The minimum Gasteiger partial charge on any atom is -0.439 e. The summed E-state index contributed by atoms with van der Waals surface area (Å²) < 4.78 is 5.34. The zero-order valence-electron chi connectivity index (χ0n) is 9.41. The highest BCUT2D eigenvalue weighted by Gasteiger charge is 2.11. The van der Waals surface area contributed by atoms with Crippen LogP contribution in [0.25, 0.3) is 0 Å². The third-order valence-electron chi connectivity index (χ3n) is 2.17. The maximum absolute atomic E-state index is 10.7. The van der Waals surface area contributed by atoms with Crippen LogP contribution in [-0.4, -0.2) is 9.91 Å². The Hall–Kier alpha value is -2.65. The fraction of sp³-hybridized carbons (Fsp3) is 0. The maximum Gasteiger partial charge on any atom is 0.277 e. The van der Waals surface area contributed by atoms with Crippen LogP contribution >= 0.6 is 11.6 Å². The Bertz CT molecular complexity index is 665. The Morgan fingerprint density at radius 1 is 1.32 bits per heavy atom. The van der Waals surface area contributed by atoms with Crippen molar-refractivity contribution in [3.8, 4) is 17.7 Å². The fourth-order valence-electron chi connectivity index (χ4n) is 1.34. The molecule has 0 saturated heterocycles. The van der Waals surface area contributed by atoms with Gasteiger partial charge in [0.15, 0.2) is 0 Å². The van der Waals surface area contributed by atoms with Crippen LogP contribution in [0.5, 0.6) is 11.6 Å². The highest BCUT2D eigenvalue weighted by atomic mass is 35.5. The molecule has 0 fully saturated rings. The van der Waals surface area contributed by atoms with Crippen molar-refractivity contribution in [3.05, 3.63) is 57.2 Å². The van der Waals surface area contributed by atoms with E-state index in [-0.39, 0.29) is 16.7 Å². The summed E-state index contributed by atoms with van der Waals surface area (Å²) in [6.07, 6.45) is 0. The molecule has 6 nitrogen and oxygen atoms in total. The van der Waals surface area contributed by atoms with Gasteiger partial charge >= 0.3 is 0 Å². The van der Waals surface area contributed by atoms with Crippen LogP contribution in [0.2, 0.25) is 5.15 Å². The summed E-state index contributed by atoms with van der Waals surface area (Å²) in [5, 5.41) is 19.3. The van der Waals surface area contributed by atoms with Crippen molar-refractivity contribution in [2.24, 2.45) is 0 Å². The second-order valence-corrected chi connectivity index (χ2v) is 3.87. The molecule has 1 aromatic heterocycles. The highest BCUT2D eigenvalue weighted by molar-refractivity contribution is 6.29. The van der Waals surface area contributed by atoms with E-state index in [9.17, 15) is 10.1 Å². The molecule has 1 aromatic carbocycles. The molecule has 0 atom stereocenters. The van der Waals surface area contributed by atoms with Crippen molar-refractivity contribution in [1.29, 1.82) is 5.26 Å². The second-order valence-electron chi connectivity index (χ2n) is 3.48. The van der Waals surface area contributed by atoms with Crippen LogP contribution in [0.3, 0.4) is 0 Å². The van der Waals surface area contributed by atoms with Gasteiger partial charge in [0.2, 0.25) is 5.88 Å². The molecular weight excluding hydrogens is 270 g/mol. The minimum absolute atomic E-state index is 0.0175. The van der Waals surface area contributed by atoms with Gasteiger partial charge in [-0.2, -0.15) is 5.26 Å². The molecule has 0 radical (unpaired) electrons. The molecule has 19 heavy (non-hydrogen) atoms. The molecular formula is C12H6ClN3O3. The van der Waals surface area contributed by atoms with E-state index in [2.05, 4.69) is 4.98 Å². The molecule has 94 valence electrons. The van der Waals surface area contributed by atoms with E-state index in [0.29, 0.717) is 11.3 Å². The van der Waals surface area contributed by atoms with Gasteiger partial charge in [-0.1, -0.05) is 11.6 Å². The van der Waals surface area contributed by atoms with E-state index < -0.39 is 4.92 Å². The van der Waals surface area contributed by atoms with Crippen LogP contribution in [0, 0.1) is 21.4 Å². The molecule has 0 aliphatic rings. The number of rotatable bonds is 3. The average Bonchev–Trinajstić information content (AvgIpc) is 2.39. The lowest BCUT2D eigenvalue weighted by atomic mass is 10.2. The molecule has 0 unspecified atom stereocenters. The average molecular weight is 276 g/mol. The summed E-state index contributed by atoms with van der Waals surface area (Å²) >= 11 is 5.67. The molecule has 0 spiro atoms. The lowest BCUT2D eigenvalue weighted by Crippen LogP contribution is -1.93. The predicted molar refractivity (Wildman–Crippen MR) is 67.1 cm³/mol. The first-order valence-electron chi connectivity index (χ1n) is 5.08. The summed E-state index contributed by atoms with van der Waals surface area (Å²) in [6, 6.07) is 10.5. The van der Waals surface area contributed by atoms with Crippen LogP contribution in [0.4, 0.5) is 5.69 Å². The molecule has 0 aliphatic carbocycles. The van der Waals surface area contributed by atoms with Gasteiger partial charge in [-0.25, -0.2) is 4.98 Å². The Morgan fingerprint density at radius 3 is 2.58 bits per heavy atom. The molecule has 2 aromatic rings. The van der Waals surface area contributed by atoms with Crippen LogP contribution in [-0.2, 0) is 0 Å². The maximum atomic E-state index is 10.7. The molecule has 2 rings (SSSR count). The summed E-state index contributed by atoms with van der Waals surface area (Å²) in [7, 11) is 0. The number of nitrogens with zero attached hydrogens (tertiary/aromatic N) is 3. The number of ether oxygens (including phenoxy) is 1. The largest absolute Gasteiger partial charge is 0.439 e. The third kappa shape index (κ3) is 3.18. The monoisotopic (exact) mass is 275 g/mol. The van der Waals surface area contributed by atoms with Gasteiger partial charge in [0.05, 0.1) is 28.7 Å². The Balaban J connectivity index is 2.27. The van der Waals surface area contributed by atoms with Crippen molar-refractivity contribution in [1.82, 2.24) is 4.98 Å². The van der Waals surface area contributed by atoms with E-state index in [4.69, 9.17) is 21.6 Å². The number of pyridine rings is 1. The number of benzene rings is 1. The number of nitro groups is 1. The number of nitriles is 1. The van der Waals surface area contributed by atoms with Gasteiger partial charge in [0, 0.05) is 0 Å². The number of hydrogen-bond acceptors (Lipinski definition) is 5. The molecule has 0 saturated carbocycles. The normalized spacial score (nSPS) is 9.68. The zero-order valence-corrected chi connectivity index (χ0v) is 10.2. The van der Waals surface area contributed by atoms with E-state index in [1.807, 2.05) is 6.07 Å². The minimum atomic E-state index is -0.584.